The van der Waals surface area contributed by atoms with Crippen LogP contribution in [0.25, 0.3) is 0 Å². The number of nitrogens with zero attached hydrogens (tertiary/aromatic N) is 1. The maximum Gasteiger partial charge on any atom is 0.573 e. The summed E-state index contributed by atoms with van der Waals surface area (Å²) in [5.74, 6) is -0.197. The maximum absolute atomic E-state index is 12.4. The van der Waals surface area contributed by atoms with Crippen molar-refractivity contribution in [1.82, 2.24) is 10.2 Å². The molecule has 3 rings (SSSR count). The molecule has 0 saturated carbocycles. The number of rotatable bonds is 5. The van der Waals surface area contributed by atoms with Gasteiger partial charge < -0.3 is 19.9 Å². The number of hydrogen-bond donors (Lipinski definition) is 2. The van der Waals surface area contributed by atoms with Crippen LogP contribution in [0.15, 0.2) is 36.4 Å². The van der Waals surface area contributed by atoms with E-state index in [9.17, 15) is 18.3 Å². The van der Waals surface area contributed by atoms with Gasteiger partial charge in [0.2, 0.25) is 0 Å². The summed E-state index contributed by atoms with van der Waals surface area (Å²) in [6.45, 7) is 3.06. The van der Waals surface area contributed by atoms with Crippen molar-refractivity contribution in [1.29, 1.82) is 0 Å². The molecule has 5 nitrogen and oxygen atoms in total. The summed E-state index contributed by atoms with van der Waals surface area (Å²) >= 11 is 6.16. The van der Waals surface area contributed by atoms with Crippen molar-refractivity contribution in [2.45, 2.75) is 12.4 Å². The van der Waals surface area contributed by atoms with Crippen LogP contribution in [0.2, 0.25) is 5.02 Å². The number of hydrogen-bond acceptors (Lipinski definition) is 5. The van der Waals surface area contributed by atoms with Gasteiger partial charge in [0.25, 0.3) is 0 Å². The van der Waals surface area contributed by atoms with Gasteiger partial charge in [-0.25, -0.2) is 0 Å². The summed E-state index contributed by atoms with van der Waals surface area (Å²) < 4.78 is 46.5. The fourth-order valence-electron chi connectivity index (χ4n) is 3.31. The number of phenols is 1. The molecular weight excluding hydrogens is 468 g/mol. The van der Waals surface area contributed by atoms with Crippen molar-refractivity contribution in [3.8, 4) is 17.2 Å². The Morgan fingerprint density at radius 1 is 1.07 bits per heavy atom. The van der Waals surface area contributed by atoms with Crippen molar-refractivity contribution >= 4 is 36.4 Å². The zero-order valence-electron chi connectivity index (χ0n) is 15.9. The average molecular weight is 490 g/mol. The van der Waals surface area contributed by atoms with E-state index in [0.717, 1.165) is 37.3 Å². The monoisotopic (exact) mass is 488 g/mol. The third-order valence-corrected chi connectivity index (χ3v) is 4.82. The van der Waals surface area contributed by atoms with Crippen LogP contribution >= 0.6 is 36.4 Å². The summed E-state index contributed by atoms with van der Waals surface area (Å²) in [5, 5.41) is 13.4. The number of benzene rings is 2. The average Bonchev–Trinajstić information content (AvgIpc) is 2.65. The number of halogens is 6. The minimum absolute atomic E-state index is 0. The Morgan fingerprint density at radius 2 is 1.67 bits per heavy atom. The minimum atomic E-state index is -4.74. The fraction of sp³-hybridized carbons (Fsp3) is 0.368. The Hall–Kier alpha value is -1.58. The Labute approximate surface area is 189 Å². The van der Waals surface area contributed by atoms with Crippen LogP contribution in [0.4, 0.5) is 13.2 Å². The zero-order chi connectivity index (χ0) is 20.3. The second kappa shape index (κ2) is 11.2. The normalized spacial score (nSPS) is 15.5. The molecule has 2 aromatic carbocycles. The molecule has 0 amide bonds. The highest BCUT2D eigenvalue weighted by Gasteiger charge is 2.31. The molecule has 0 radical (unpaired) electrons. The lowest BCUT2D eigenvalue weighted by atomic mass is 9.96. The van der Waals surface area contributed by atoms with Crippen molar-refractivity contribution in [3.05, 3.63) is 52.5 Å². The van der Waals surface area contributed by atoms with Crippen LogP contribution in [-0.2, 0) is 0 Å². The first-order chi connectivity index (χ1) is 13.3. The van der Waals surface area contributed by atoms with Gasteiger partial charge in [-0.05, 0) is 35.4 Å². The highest BCUT2D eigenvalue weighted by atomic mass is 35.5. The number of aromatic hydroxyl groups is 1. The number of piperazine rings is 1. The van der Waals surface area contributed by atoms with E-state index in [1.54, 1.807) is 24.3 Å². The van der Waals surface area contributed by atoms with Crippen LogP contribution in [0, 0.1) is 0 Å². The van der Waals surface area contributed by atoms with E-state index in [4.69, 9.17) is 16.3 Å². The van der Waals surface area contributed by atoms with Gasteiger partial charge in [0, 0.05) is 26.2 Å². The fourth-order valence-corrected chi connectivity index (χ4v) is 3.53. The van der Waals surface area contributed by atoms with Gasteiger partial charge in [-0.1, -0.05) is 23.7 Å². The standard InChI is InChI=1S/C19H20ClF3N2O3.2ClH/c1-27-16-11-13(10-15(20)18(16)26)17(25-8-6-24-7-9-25)12-2-4-14(5-3-12)28-19(21,22)23;;/h2-5,10-11,17,24,26H,6-9H2,1H3;2*1H/t17-;;/m1../s1. The molecule has 0 bridgehead atoms. The quantitative estimate of drug-likeness (QED) is 0.632. The first kappa shape index (κ1) is 26.5. The number of ether oxygens (including phenoxy) is 2. The molecule has 0 aliphatic carbocycles. The molecule has 168 valence electrons. The van der Waals surface area contributed by atoms with Crippen molar-refractivity contribution in [2.75, 3.05) is 33.3 Å². The van der Waals surface area contributed by atoms with Crippen molar-refractivity contribution < 1.29 is 27.8 Å². The molecule has 1 fully saturated rings. The molecule has 1 heterocycles. The largest absolute Gasteiger partial charge is 0.573 e. The predicted octanol–water partition coefficient (Wildman–Crippen LogP) is 4.79. The second-order valence-electron chi connectivity index (χ2n) is 6.36. The summed E-state index contributed by atoms with van der Waals surface area (Å²) in [6, 6.07) is 8.84. The van der Waals surface area contributed by atoms with Gasteiger partial charge in [-0.2, -0.15) is 0 Å². The van der Waals surface area contributed by atoms with Gasteiger partial charge >= 0.3 is 6.36 Å². The molecule has 0 unspecified atom stereocenters. The molecule has 0 aromatic heterocycles. The Morgan fingerprint density at radius 3 is 2.20 bits per heavy atom. The molecule has 1 saturated heterocycles. The number of phenolic OH excluding ortho intramolecular Hbond substituents is 1. The van der Waals surface area contributed by atoms with E-state index in [0.29, 0.717) is 0 Å². The molecule has 1 aliphatic rings. The Bertz CT molecular complexity index is 817. The molecule has 1 aliphatic heterocycles. The van der Waals surface area contributed by atoms with Crippen molar-refractivity contribution in [2.24, 2.45) is 0 Å². The molecule has 11 heteroatoms. The van der Waals surface area contributed by atoms with Crippen LogP contribution in [0.3, 0.4) is 0 Å². The highest BCUT2D eigenvalue weighted by Crippen LogP contribution is 2.40. The third-order valence-electron chi connectivity index (χ3n) is 4.53. The molecule has 0 spiro atoms. The van der Waals surface area contributed by atoms with E-state index < -0.39 is 6.36 Å². The van der Waals surface area contributed by atoms with Gasteiger partial charge in [0.15, 0.2) is 11.5 Å². The maximum atomic E-state index is 12.4. The number of alkyl halides is 3. The topological polar surface area (TPSA) is 54.0 Å². The Balaban J connectivity index is 0.00000225. The van der Waals surface area contributed by atoms with E-state index in [1.165, 1.54) is 19.2 Å². The first-order valence-electron chi connectivity index (χ1n) is 8.65. The summed E-state index contributed by atoms with van der Waals surface area (Å²) in [7, 11) is 1.43. The molecule has 2 aromatic rings. The van der Waals surface area contributed by atoms with E-state index in [-0.39, 0.29) is 53.1 Å². The molecule has 1 atom stereocenters. The van der Waals surface area contributed by atoms with Gasteiger partial charge in [-0.15, -0.1) is 38.0 Å². The van der Waals surface area contributed by atoms with E-state index >= 15 is 0 Å². The van der Waals surface area contributed by atoms with E-state index in [1.807, 2.05) is 0 Å². The summed E-state index contributed by atoms with van der Waals surface area (Å²) in [6.07, 6.45) is -4.74. The minimum Gasteiger partial charge on any atom is -0.503 e. The molecular formula is C19H22Cl3F3N2O3. The lowest BCUT2D eigenvalue weighted by Crippen LogP contribution is -2.45. The van der Waals surface area contributed by atoms with Gasteiger partial charge in [0.05, 0.1) is 18.2 Å². The SMILES string of the molecule is COc1cc([C@@H](c2ccc(OC(F)(F)F)cc2)N2CCNCC2)cc(Cl)c1O.Cl.Cl. The van der Waals surface area contributed by atoms with Crippen molar-refractivity contribution in [3.63, 3.8) is 0 Å². The zero-order valence-corrected chi connectivity index (χ0v) is 18.3. The predicted molar refractivity (Wildman–Crippen MR) is 114 cm³/mol. The first-order valence-corrected chi connectivity index (χ1v) is 9.03. The lowest BCUT2D eigenvalue weighted by Gasteiger charge is -2.36. The smallest absolute Gasteiger partial charge is 0.503 e. The number of methoxy groups -OCH3 is 1. The summed E-state index contributed by atoms with van der Waals surface area (Å²) in [4.78, 5) is 2.19. The second-order valence-corrected chi connectivity index (χ2v) is 6.77. The molecule has 30 heavy (non-hydrogen) atoms. The van der Waals surface area contributed by atoms with Gasteiger partial charge in [-0.3, -0.25) is 4.90 Å². The number of nitrogens with one attached hydrogen (secondary N) is 1. The third kappa shape index (κ3) is 6.46. The lowest BCUT2D eigenvalue weighted by molar-refractivity contribution is -0.274. The van der Waals surface area contributed by atoms with Crippen LogP contribution in [-0.4, -0.2) is 49.7 Å². The van der Waals surface area contributed by atoms with E-state index in [2.05, 4.69) is 15.0 Å². The van der Waals surface area contributed by atoms with Crippen LogP contribution in [0.1, 0.15) is 17.2 Å². The Kier molecular flexibility index (Phi) is 9.84. The van der Waals surface area contributed by atoms with Gasteiger partial charge in [0.1, 0.15) is 5.75 Å². The summed E-state index contributed by atoms with van der Waals surface area (Å²) in [5.41, 5.74) is 1.55. The van der Waals surface area contributed by atoms with Crippen LogP contribution < -0.4 is 14.8 Å². The highest BCUT2D eigenvalue weighted by molar-refractivity contribution is 6.32. The molecule has 2 N–H and O–H groups in total. The van der Waals surface area contributed by atoms with Crippen LogP contribution in [0.5, 0.6) is 17.2 Å².